The largest absolute Gasteiger partial charge is 0.350 e. The van der Waals surface area contributed by atoms with Gasteiger partial charge in [-0.2, -0.15) is 5.10 Å². The Kier molecular flexibility index (Phi) is 4.85. The Hall–Kier alpha value is -1.56. The molecule has 1 aliphatic rings. The van der Waals surface area contributed by atoms with Gasteiger partial charge in [-0.25, -0.2) is 0 Å². The van der Waals surface area contributed by atoms with Crippen molar-refractivity contribution >= 4 is 29.1 Å². The number of halogens is 2. The molecule has 1 amide bonds. The topological polar surface area (TPSA) is 69.8 Å². The Morgan fingerprint density at radius 3 is 2.75 bits per heavy atom. The number of carbonyl (C=O) groups excluding carboxylic acids is 1. The van der Waals surface area contributed by atoms with E-state index in [1.807, 2.05) is 32.0 Å². The van der Waals surface area contributed by atoms with Crippen molar-refractivity contribution in [3.63, 3.8) is 0 Å². The van der Waals surface area contributed by atoms with Gasteiger partial charge in [0.05, 0.1) is 0 Å². The highest BCUT2D eigenvalue weighted by molar-refractivity contribution is 6.36. The van der Waals surface area contributed by atoms with Gasteiger partial charge < -0.3 is 10.6 Å². The van der Waals surface area contributed by atoms with Crippen LogP contribution in [0.4, 0.5) is 0 Å². The molecule has 0 bridgehead atoms. The Labute approximate surface area is 151 Å². The number of aromatic amines is 1. The summed E-state index contributed by atoms with van der Waals surface area (Å²) in [5.41, 5.74) is 2.87. The smallest absolute Gasteiger partial charge is 0.272 e. The quantitative estimate of drug-likeness (QED) is 0.778. The Morgan fingerprint density at radius 1 is 1.33 bits per heavy atom. The molecule has 5 nitrogen and oxygen atoms in total. The van der Waals surface area contributed by atoms with Gasteiger partial charge >= 0.3 is 0 Å². The molecule has 0 aliphatic carbocycles. The number of nitrogens with zero attached hydrogens (tertiary/aromatic N) is 1. The van der Waals surface area contributed by atoms with E-state index in [2.05, 4.69) is 20.8 Å². The molecule has 0 saturated heterocycles. The summed E-state index contributed by atoms with van der Waals surface area (Å²) in [5, 5.41) is 14.6. The number of H-pyrrole nitrogens is 1. The summed E-state index contributed by atoms with van der Waals surface area (Å²) in [6.45, 7) is 5.97. The zero-order chi connectivity index (χ0) is 17.3. The van der Waals surface area contributed by atoms with E-state index in [1.54, 1.807) is 0 Å². The molecule has 0 unspecified atom stereocenters. The molecule has 0 fully saturated rings. The fraction of sp³-hybridized carbons (Fsp3) is 0.412. The van der Waals surface area contributed by atoms with Crippen LogP contribution >= 0.6 is 23.2 Å². The number of benzene rings is 1. The lowest BCUT2D eigenvalue weighted by molar-refractivity contribution is 0.0939. The molecule has 1 aromatic carbocycles. The van der Waals surface area contributed by atoms with Gasteiger partial charge in [-0.3, -0.25) is 9.89 Å². The minimum atomic E-state index is -0.403. The molecule has 1 aliphatic heterocycles. The molecule has 3 N–H and O–H groups in total. The van der Waals surface area contributed by atoms with Crippen molar-refractivity contribution in [1.82, 2.24) is 20.8 Å². The van der Waals surface area contributed by atoms with Crippen LogP contribution in [-0.2, 0) is 18.4 Å². The maximum atomic E-state index is 12.5. The minimum Gasteiger partial charge on any atom is -0.350 e. The molecule has 3 rings (SSSR count). The molecule has 7 heteroatoms. The predicted octanol–water partition coefficient (Wildman–Crippen LogP) is 3.07. The average molecular weight is 367 g/mol. The van der Waals surface area contributed by atoms with Crippen molar-refractivity contribution < 1.29 is 4.79 Å². The number of hydrogen-bond donors (Lipinski definition) is 3. The van der Waals surface area contributed by atoms with E-state index in [4.69, 9.17) is 23.2 Å². The summed E-state index contributed by atoms with van der Waals surface area (Å²) in [5.74, 6) is -0.188. The van der Waals surface area contributed by atoms with Crippen molar-refractivity contribution in [2.75, 3.05) is 13.1 Å². The first-order chi connectivity index (χ1) is 11.4. The molecule has 0 saturated carbocycles. The van der Waals surface area contributed by atoms with Crippen molar-refractivity contribution in [3.8, 4) is 0 Å². The van der Waals surface area contributed by atoms with E-state index in [0.29, 0.717) is 28.8 Å². The monoisotopic (exact) mass is 366 g/mol. The van der Waals surface area contributed by atoms with E-state index in [0.717, 1.165) is 29.8 Å². The molecule has 0 radical (unpaired) electrons. The molecule has 1 aromatic heterocycles. The maximum Gasteiger partial charge on any atom is 0.272 e. The number of fused-ring (bicyclic) bond motifs is 1. The van der Waals surface area contributed by atoms with Crippen molar-refractivity contribution in [2.45, 2.75) is 32.2 Å². The number of hydrogen-bond acceptors (Lipinski definition) is 3. The van der Waals surface area contributed by atoms with Crippen LogP contribution in [0.1, 0.15) is 41.2 Å². The molecule has 128 valence electrons. The van der Waals surface area contributed by atoms with E-state index < -0.39 is 5.41 Å². The van der Waals surface area contributed by atoms with Crippen LogP contribution in [0.25, 0.3) is 0 Å². The number of rotatable bonds is 4. The Balaban J connectivity index is 1.75. The number of carbonyl (C=O) groups is 1. The summed E-state index contributed by atoms with van der Waals surface area (Å²) in [4.78, 5) is 12.5. The summed E-state index contributed by atoms with van der Waals surface area (Å²) in [6, 6.07) is 5.43. The third-order valence-electron chi connectivity index (χ3n) is 4.35. The van der Waals surface area contributed by atoms with E-state index in [1.165, 1.54) is 0 Å². The lowest BCUT2D eigenvalue weighted by Crippen LogP contribution is -2.38. The number of nitrogens with one attached hydrogen (secondary N) is 3. The molecule has 24 heavy (non-hydrogen) atoms. The first-order valence-electron chi connectivity index (χ1n) is 7.89. The lowest BCUT2D eigenvalue weighted by Gasteiger charge is -2.27. The zero-order valence-corrected chi connectivity index (χ0v) is 15.2. The standard InChI is InChI=1S/C17H20Cl2N4O/c1-17(2,14-11(18)4-3-5-12(14)19)9-21-16(24)15-10-8-20-7-6-13(10)22-23-15/h3-5,20H,6-9H2,1-2H3,(H,21,24)(H,22,23). The van der Waals surface area contributed by atoms with Gasteiger partial charge in [-0.1, -0.05) is 43.1 Å². The van der Waals surface area contributed by atoms with Crippen LogP contribution in [0.3, 0.4) is 0 Å². The number of aromatic nitrogens is 2. The van der Waals surface area contributed by atoms with Gasteiger partial charge in [0.1, 0.15) is 0 Å². The van der Waals surface area contributed by atoms with Crippen LogP contribution in [0.5, 0.6) is 0 Å². The normalized spacial score (nSPS) is 14.3. The summed E-state index contributed by atoms with van der Waals surface area (Å²) in [7, 11) is 0. The van der Waals surface area contributed by atoms with Gasteiger partial charge in [0.25, 0.3) is 5.91 Å². The van der Waals surface area contributed by atoms with E-state index >= 15 is 0 Å². The predicted molar refractivity (Wildman–Crippen MR) is 95.8 cm³/mol. The van der Waals surface area contributed by atoms with Crippen LogP contribution in [-0.4, -0.2) is 29.2 Å². The molecule has 0 atom stereocenters. The SMILES string of the molecule is CC(C)(CNC(=O)c1n[nH]c2c1CNCC2)c1c(Cl)cccc1Cl. The maximum absolute atomic E-state index is 12.5. The molecular formula is C17H20Cl2N4O. The Morgan fingerprint density at radius 2 is 2.04 bits per heavy atom. The van der Waals surface area contributed by atoms with E-state index in [9.17, 15) is 4.79 Å². The molecular weight excluding hydrogens is 347 g/mol. The fourth-order valence-corrected chi connectivity index (χ4v) is 3.94. The summed E-state index contributed by atoms with van der Waals surface area (Å²) in [6.07, 6.45) is 0.857. The van der Waals surface area contributed by atoms with Gasteiger partial charge in [0.2, 0.25) is 0 Å². The van der Waals surface area contributed by atoms with E-state index in [-0.39, 0.29) is 5.91 Å². The summed E-state index contributed by atoms with van der Waals surface area (Å²) >= 11 is 12.6. The van der Waals surface area contributed by atoms with Crippen molar-refractivity contribution in [3.05, 3.63) is 50.8 Å². The lowest BCUT2D eigenvalue weighted by atomic mass is 9.84. The van der Waals surface area contributed by atoms with Gasteiger partial charge in [0.15, 0.2) is 5.69 Å². The second-order valence-corrected chi connectivity index (χ2v) is 7.43. The minimum absolute atomic E-state index is 0.188. The molecule has 0 spiro atoms. The molecule has 2 heterocycles. The first-order valence-corrected chi connectivity index (χ1v) is 8.65. The zero-order valence-electron chi connectivity index (χ0n) is 13.7. The first kappa shape index (κ1) is 17.3. The second-order valence-electron chi connectivity index (χ2n) is 6.62. The highest BCUT2D eigenvalue weighted by atomic mass is 35.5. The van der Waals surface area contributed by atoms with Gasteiger partial charge in [-0.15, -0.1) is 0 Å². The average Bonchev–Trinajstić information content (AvgIpc) is 2.96. The highest BCUT2D eigenvalue weighted by Crippen LogP contribution is 2.35. The van der Waals surface area contributed by atoms with Crippen LogP contribution in [0.15, 0.2) is 18.2 Å². The van der Waals surface area contributed by atoms with Crippen LogP contribution in [0.2, 0.25) is 10.0 Å². The highest BCUT2D eigenvalue weighted by Gasteiger charge is 2.28. The summed E-state index contributed by atoms with van der Waals surface area (Å²) < 4.78 is 0. The van der Waals surface area contributed by atoms with Crippen LogP contribution < -0.4 is 10.6 Å². The third-order valence-corrected chi connectivity index (χ3v) is 4.98. The van der Waals surface area contributed by atoms with Crippen LogP contribution in [0, 0.1) is 0 Å². The molecule has 2 aromatic rings. The number of amides is 1. The van der Waals surface area contributed by atoms with Gasteiger partial charge in [-0.05, 0) is 17.7 Å². The van der Waals surface area contributed by atoms with Gasteiger partial charge in [0, 0.05) is 52.8 Å². The third kappa shape index (κ3) is 3.29. The fourth-order valence-electron chi connectivity index (χ4n) is 3.03. The second kappa shape index (κ2) is 6.75. The van der Waals surface area contributed by atoms with Crippen molar-refractivity contribution in [1.29, 1.82) is 0 Å². The Bertz CT molecular complexity index is 750. The van der Waals surface area contributed by atoms with Crippen molar-refractivity contribution in [2.24, 2.45) is 0 Å².